The second-order valence-corrected chi connectivity index (χ2v) is 8.95. The molecule has 2 bridgehead atoms. The van der Waals surface area contributed by atoms with Crippen LogP contribution in [-0.4, -0.2) is 41.0 Å². The van der Waals surface area contributed by atoms with Crippen LogP contribution in [0.2, 0.25) is 0 Å². The van der Waals surface area contributed by atoms with Gasteiger partial charge >= 0.3 is 12.1 Å². The summed E-state index contributed by atoms with van der Waals surface area (Å²) in [5.74, 6) is -2.71. The highest BCUT2D eigenvalue weighted by Gasteiger charge is 2.77. The van der Waals surface area contributed by atoms with E-state index < -0.39 is 58.4 Å². The molecule has 4 aliphatic heterocycles. The van der Waals surface area contributed by atoms with Crippen molar-refractivity contribution in [3.8, 4) is 6.07 Å². The first-order chi connectivity index (χ1) is 14.9. The number of carboxylic acid groups (broad SMARTS) is 1. The van der Waals surface area contributed by atoms with Gasteiger partial charge in [0.2, 0.25) is 5.91 Å². The normalized spacial score (nSPS) is 36.8. The fourth-order valence-corrected chi connectivity index (χ4v) is 6.10. The Balaban J connectivity index is 1.65. The number of rotatable bonds is 2. The van der Waals surface area contributed by atoms with Crippen molar-refractivity contribution in [2.24, 2.45) is 11.8 Å². The van der Waals surface area contributed by atoms with Crippen molar-refractivity contribution in [1.82, 2.24) is 0 Å². The third-order valence-electron chi connectivity index (χ3n) is 7.32. The molecule has 1 spiro atoms. The maximum atomic E-state index is 13.5. The molecule has 0 aromatic heterocycles. The lowest BCUT2D eigenvalue weighted by atomic mass is 9.63. The first-order valence-electron chi connectivity index (χ1n) is 10.1. The number of carboxylic acids is 1. The number of hydrogen-bond donors (Lipinski definition) is 1. The van der Waals surface area contributed by atoms with Crippen LogP contribution in [0.25, 0.3) is 0 Å². The molecule has 1 aromatic rings. The minimum Gasteiger partial charge on any atom is -0.478 e. The lowest BCUT2D eigenvalue weighted by Crippen LogP contribution is -2.52. The highest BCUT2D eigenvalue weighted by atomic mass is 19.4. The molecule has 0 saturated carbocycles. The van der Waals surface area contributed by atoms with Crippen molar-refractivity contribution < 1.29 is 37.3 Å². The molecule has 0 radical (unpaired) electrons. The van der Waals surface area contributed by atoms with Crippen LogP contribution < -0.4 is 4.90 Å². The van der Waals surface area contributed by atoms with Crippen LogP contribution in [0.1, 0.15) is 37.8 Å². The molecule has 10 heteroatoms. The average Bonchev–Trinajstić information content (AvgIpc) is 3.30. The molecule has 32 heavy (non-hydrogen) atoms. The standard InChI is InChI=1S/C22H19F3N2O5/c1-10(19(29)30)14-8-20(2)15-16-18(31-6-5-21(14,16)32-20)27(17(15)28)12-4-3-11(9-26)13(7-12)22(23,24)25/h3-4,7,15-16,18H,5-6,8H2,1-2H3,(H,29,30)/b14-10+/t15-,16+,18+,20-,21+/m1/s1. The summed E-state index contributed by atoms with van der Waals surface area (Å²) in [6.07, 6.45) is -5.03. The van der Waals surface area contributed by atoms with Gasteiger partial charge in [-0.15, -0.1) is 0 Å². The second kappa shape index (κ2) is 6.33. The van der Waals surface area contributed by atoms with Crippen LogP contribution in [0.15, 0.2) is 29.3 Å². The number of amides is 1. The number of fused-ring (bicyclic) bond motifs is 2. The van der Waals surface area contributed by atoms with Gasteiger partial charge in [-0.2, -0.15) is 18.4 Å². The number of carbonyl (C=O) groups is 2. The third-order valence-corrected chi connectivity index (χ3v) is 7.32. The van der Waals surface area contributed by atoms with Crippen LogP contribution in [0.3, 0.4) is 0 Å². The van der Waals surface area contributed by atoms with Crippen molar-refractivity contribution >= 4 is 17.6 Å². The summed E-state index contributed by atoms with van der Waals surface area (Å²) in [5.41, 5.74) is -2.87. The van der Waals surface area contributed by atoms with Gasteiger partial charge in [0, 0.05) is 24.1 Å². The van der Waals surface area contributed by atoms with Gasteiger partial charge in [-0.25, -0.2) is 4.79 Å². The summed E-state index contributed by atoms with van der Waals surface area (Å²) in [6, 6.07) is 4.69. The Morgan fingerprint density at radius 2 is 2.09 bits per heavy atom. The molecule has 4 aliphatic rings. The molecule has 4 fully saturated rings. The molecule has 1 aromatic carbocycles. The molecular formula is C22H19F3N2O5. The largest absolute Gasteiger partial charge is 0.478 e. The Bertz CT molecular complexity index is 1140. The number of anilines is 1. The number of ether oxygens (including phenoxy) is 2. The lowest BCUT2D eigenvalue weighted by molar-refractivity contribution is -0.138. The number of alkyl halides is 3. The van der Waals surface area contributed by atoms with E-state index in [0.717, 1.165) is 12.1 Å². The first kappa shape index (κ1) is 21.0. The van der Waals surface area contributed by atoms with Crippen LogP contribution in [-0.2, 0) is 25.2 Å². The van der Waals surface area contributed by atoms with Gasteiger partial charge in [0.25, 0.3) is 0 Å². The minimum atomic E-state index is -4.77. The van der Waals surface area contributed by atoms with Crippen molar-refractivity contribution in [3.63, 3.8) is 0 Å². The molecular weight excluding hydrogens is 429 g/mol. The van der Waals surface area contributed by atoms with Crippen molar-refractivity contribution in [2.45, 2.75) is 50.3 Å². The number of aliphatic carboxylic acids is 1. The van der Waals surface area contributed by atoms with E-state index in [2.05, 4.69) is 0 Å². The molecule has 1 N–H and O–H groups in total. The molecule has 1 amide bonds. The predicted molar refractivity (Wildman–Crippen MR) is 102 cm³/mol. The fourth-order valence-electron chi connectivity index (χ4n) is 6.10. The van der Waals surface area contributed by atoms with Gasteiger partial charge in [-0.3, -0.25) is 9.69 Å². The second-order valence-electron chi connectivity index (χ2n) is 8.95. The molecule has 0 aliphatic carbocycles. The van der Waals surface area contributed by atoms with E-state index in [-0.39, 0.29) is 24.3 Å². The van der Waals surface area contributed by atoms with E-state index in [4.69, 9.17) is 14.7 Å². The van der Waals surface area contributed by atoms with E-state index in [1.54, 1.807) is 6.92 Å². The van der Waals surface area contributed by atoms with Crippen LogP contribution in [0, 0.1) is 23.2 Å². The van der Waals surface area contributed by atoms with E-state index in [1.165, 1.54) is 24.0 Å². The molecule has 7 nitrogen and oxygen atoms in total. The number of hydrogen-bond acceptors (Lipinski definition) is 5. The lowest BCUT2D eigenvalue weighted by Gasteiger charge is -2.43. The number of halogens is 3. The monoisotopic (exact) mass is 448 g/mol. The Kier molecular flexibility index (Phi) is 4.15. The summed E-state index contributed by atoms with van der Waals surface area (Å²) in [5, 5.41) is 18.6. The summed E-state index contributed by atoms with van der Waals surface area (Å²) < 4.78 is 52.8. The summed E-state index contributed by atoms with van der Waals surface area (Å²) in [7, 11) is 0. The molecule has 5 atom stereocenters. The summed E-state index contributed by atoms with van der Waals surface area (Å²) in [4.78, 5) is 26.5. The Morgan fingerprint density at radius 3 is 2.72 bits per heavy atom. The average molecular weight is 448 g/mol. The Morgan fingerprint density at radius 1 is 1.38 bits per heavy atom. The molecule has 5 rings (SSSR count). The maximum absolute atomic E-state index is 13.5. The molecule has 4 saturated heterocycles. The van der Waals surface area contributed by atoms with Gasteiger partial charge < -0.3 is 14.6 Å². The maximum Gasteiger partial charge on any atom is 0.417 e. The number of benzene rings is 1. The quantitative estimate of drug-likeness (QED) is 0.698. The molecule has 0 unspecified atom stereocenters. The van der Waals surface area contributed by atoms with Gasteiger partial charge in [-0.1, -0.05) is 0 Å². The van der Waals surface area contributed by atoms with E-state index in [0.29, 0.717) is 12.0 Å². The van der Waals surface area contributed by atoms with E-state index in [1.807, 2.05) is 0 Å². The number of carbonyl (C=O) groups excluding carboxylic acids is 1. The summed E-state index contributed by atoms with van der Waals surface area (Å²) >= 11 is 0. The highest BCUT2D eigenvalue weighted by Crippen LogP contribution is 2.67. The van der Waals surface area contributed by atoms with Gasteiger partial charge in [0.15, 0.2) is 0 Å². The zero-order valence-corrected chi connectivity index (χ0v) is 17.2. The Labute approximate surface area is 181 Å². The molecule has 4 heterocycles. The minimum absolute atomic E-state index is 0.0127. The SMILES string of the molecule is C/C(C(=O)O)=C1/C[C@@]2(C)O[C@@]13CCO[C@H]1[C@@H]3[C@@H]2C(=O)N1c1ccc(C#N)c(C(F)(F)F)c1. The zero-order valence-electron chi connectivity index (χ0n) is 17.2. The van der Waals surface area contributed by atoms with Crippen molar-refractivity contribution in [1.29, 1.82) is 5.26 Å². The van der Waals surface area contributed by atoms with E-state index >= 15 is 0 Å². The fraction of sp³-hybridized carbons (Fsp3) is 0.500. The third kappa shape index (κ3) is 2.49. The number of nitriles is 1. The smallest absolute Gasteiger partial charge is 0.417 e. The van der Waals surface area contributed by atoms with Gasteiger partial charge in [0.05, 0.1) is 41.2 Å². The topological polar surface area (TPSA) is 99.9 Å². The van der Waals surface area contributed by atoms with E-state index in [9.17, 15) is 27.9 Å². The first-order valence-corrected chi connectivity index (χ1v) is 10.1. The van der Waals surface area contributed by atoms with Crippen molar-refractivity contribution in [2.75, 3.05) is 11.5 Å². The van der Waals surface area contributed by atoms with Crippen molar-refractivity contribution in [3.05, 3.63) is 40.5 Å². The van der Waals surface area contributed by atoms with Gasteiger partial charge in [-0.05, 0) is 37.6 Å². The summed E-state index contributed by atoms with van der Waals surface area (Å²) in [6.45, 7) is 3.41. The highest BCUT2D eigenvalue weighted by molar-refractivity contribution is 6.00. The zero-order chi connectivity index (χ0) is 23.2. The van der Waals surface area contributed by atoms with Gasteiger partial charge in [0.1, 0.15) is 11.8 Å². The van der Waals surface area contributed by atoms with Crippen LogP contribution in [0.5, 0.6) is 0 Å². The Hall–Kier alpha value is -2.90. The predicted octanol–water partition coefficient (Wildman–Crippen LogP) is 3.23. The molecule has 168 valence electrons. The van der Waals surface area contributed by atoms with Crippen LogP contribution in [0.4, 0.5) is 18.9 Å². The number of nitrogens with zero attached hydrogens (tertiary/aromatic N) is 2. The van der Waals surface area contributed by atoms with Crippen LogP contribution >= 0.6 is 0 Å².